The summed E-state index contributed by atoms with van der Waals surface area (Å²) in [5.41, 5.74) is 0.0742. The maximum absolute atomic E-state index is 14.0. The number of halogens is 3. The smallest absolute Gasteiger partial charge is 0.191 e. The number of benzene rings is 1. The van der Waals surface area contributed by atoms with Crippen molar-refractivity contribution >= 4 is 35.6 Å². The highest BCUT2D eigenvalue weighted by Crippen LogP contribution is 2.26. The average Bonchev–Trinajstić information content (AvgIpc) is 3.12. The van der Waals surface area contributed by atoms with E-state index in [2.05, 4.69) is 34.4 Å². The van der Waals surface area contributed by atoms with Crippen LogP contribution < -0.4 is 15.5 Å². The zero-order chi connectivity index (χ0) is 20.4. The van der Waals surface area contributed by atoms with Crippen molar-refractivity contribution in [3.63, 3.8) is 0 Å². The fourth-order valence-electron chi connectivity index (χ4n) is 3.56. The van der Waals surface area contributed by atoms with Crippen LogP contribution in [0.1, 0.15) is 40.0 Å². The lowest BCUT2D eigenvalue weighted by molar-refractivity contribution is 0.297. The maximum Gasteiger partial charge on any atom is 0.191 e. The van der Waals surface area contributed by atoms with Crippen molar-refractivity contribution < 1.29 is 8.78 Å². The quantitative estimate of drug-likeness (QED) is 0.212. The summed E-state index contributed by atoms with van der Waals surface area (Å²) in [5, 5.41) is 6.69. The summed E-state index contributed by atoms with van der Waals surface area (Å²) in [7, 11) is 0. The van der Waals surface area contributed by atoms with E-state index in [0.29, 0.717) is 13.1 Å². The SMILES string of the molecule is CCNC(=NCCCCN(CC)CC)NC1CCN(c2c(F)cccc2F)C1.I. The summed E-state index contributed by atoms with van der Waals surface area (Å²) in [6.45, 7) is 12.4. The number of unbranched alkanes of at least 4 members (excludes halogenated alkanes) is 1. The molecule has 1 heterocycles. The number of aliphatic imine (C=N–C) groups is 1. The van der Waals surface area contributed by atoms with Crippen molar-refractivity contribution in [3.8, 4) is 0 Å². The van der Waals surface area contributed by atoms with E-state index in [-0.39, 0.29) is 35.7 Å². The molecule has 166 valence electrons. The molecule has 1 aliphatic heterocycles. The van der Waals surface area contributed by atoms with E-state index < -0.39 is 11.6 Å². The van der Waals surface area contributed by atoms with Gasteiger partial charge in [-0.1, -0.05) is 19.9 Å². The minimum absolute atomic E-state index is 0. The Kier molecular flexibility index (Phi) is 12.4. The number of guanidine groups is 1. The molecule has 0 spiro atoms. The van der Waals surface area contributed by atoms with Gasteiger partial charge in [0, 0.05) is 32.2 Å². The Hall–Kier alpha value is -1.16. The van der Waals surface area contributed by atoms with Crippen LogP contribution in [0.4, 0.5) is 14.5 Å². The fraction of sp³-hybridized carbons (Fsp3) is 0.667. The van der Waals surface area contributed by atoms with E-state index in [9.17, 15) is 8.78 Å². The van der Waals surface area contributed by atoms with Gasteiger partial charge in [-0.2, -0.15) is 0 Å². The number of hydrogen-bond donors (Lipinski definition) is 2. The first-order chi connectivity index (χ1) is 13.6. The van der Waals surface area contributed by atoms with Crippen molar-refractivity contribution in [3.05, 3.63) is 29.8 Å². The van der Waals surface area contributed by atoms with E-state index in [1.165, 1.54) is 18.2 Å². The molecule has 2 N–H and O–H groups in total. The van der Waals surface area contributed by atoms with Crippen molar-refractivity contribution in [2.75, 3.05) is 50.7 Å². The highest BCUT2D eigenvalue weighted by Gasteiger charge is 2.27. The first-order valence-electron chi connectivity index (χ1n) is 10.5. The molecule has 0 saturated carbocycles. The molecule has 0 amide bonds. The van der Waals surface area contributed by atoms with Crippen LogP contribution in [-0.2, 0) is 0 Å². The second kappa shape index (κ2) is 14.0. The van der Waals surface area contributed by atoms with Gasteiger partial charge in [-0.15, -0.1) is 24.0 Å². The van der Waals surface area contributed by atoms with Crippen LogP contribution in [0.15, 0.2) is 23.2 Å². The van der Waals surface area contributed by atoms with Crippen molar-refractivity contribution in [2.45, 2.75) is 46.1 Å². The normalized spacial score (nSPS) is 16.8. The Morgan fingerprint density at radius 2 is 1.86 bits per heavy atom. The Morgan fingerprint density at radius 1 is 1.17 bits per heavy atom. The lowest BCUT2D eigenvalue weighted by Crippen LogP contribution is -2.44. The predicted molar refractivity (Wildman–Crippen MR) is 129 cm³/mol. The molecule has 1 aliphatic rings. The Morgan fingerprint density at radius 3 is 2.48 bits per heavy atom. The minimum atomic E-state index is -0.505. The van der Waals surface area contributed by atoms with Crippen LogP contribution in [0.2, 0.25) is 0 Å². The van der Waals surface area contributed by atoms with Crippen LogP contribution >= 0.6 is 24.0 Å². The lowest BCUT2D eigenvalue weighted by Gasteiger charge is -2.21. The molecule has 0 bridgehead atoms. The molecular formula is C21H36F2IN5. The first kappa shape index (κ1) is 25.9. The zero-order valence-electron chi connectivity index (χ0n) is 17.9. The van der Waals surface area contributed by atoms with Crippen molar-refractivity contribution in [2.24, 2.45) is 4.99 Å². The van der Waals surface area contributed by atoms with Crippen LogP contribution in [0.25, 0.3) is 0 Å². The number of rotatable bonds is 10. The average molecular weight is 523 g/mol. The van der Waals surface area contributed by atoms with E-state index in [1.54, 1.807) is 4.90 Å². The summed E-state index contributed by atoms with van der Waals surface area (Å²) in [6, 6.07) is 4.13. The molecule has 8 heteroatoms. The summed E-state index contributed by atoms with van der Waals surface area (Å²) in [6.07, 6.45) is 3.00. The van der Waals surface area contributed by atoms with Gasteiger partial charge in [0.2, 0.25) is 0 Å². The molecule has 1 atom stereocenters. The lowest BCUT2D eigenvalue weighted by atomic mass is 10.2. The van der Waals surface area contributed by atoms with Gasteiger partial charge in [-0.25, -0.2) is 8.78 Å². The summed E-state index contributed by atoms with van der Waals surface area (Å²) < 4.78 is 28.0. The molecule has 5 nitrogen and oxygen atoms in total. The van der Waals surface area contributed by atoms with Crippen molar-refractivity contribution in [1.82, 2.24) is 15.5 Å². The third kappa shape index (κ3) is 8.24. The van der Waals surface area contributed by atoms with Gasteiger partial charge in [0.1, 0.15) is 17.3 Å². The number of hydrogen-bond acceptors (Lipinski definition) is 3. The Labute approximate surface area is 191 Å². The Bertz CT molecular complexity index is 605. The third-order valence-corrected chi connectivity index (χ3v) is 5.17. The molecular weight excluding hydrogens is 487 g/mol. The molecule has 1 fully saturated rings. The maximum atomic E-state index is 14.0. The third-order valence-electron chi connectivity index (χ3n) is 5.17. The van der Waals surface area contributed by atoms with Gasteiger partial charge in [0.15, 0.2) is 5.96 Å². The van der Waals surface area contributed by atoms with Crippen LogP contribution in [-0.4, -0.2) is 62.7 Å². The van der Waals surface area contributed by atoms with E-state index in [1.807, 2.05) is 6.92 Å². The van der Waals surface area contributed by atoms with Gasteiger partial charge in [-0.05, 0) is 58.0 Å². The molecule has 0 aliphatic carbocycles. The van der Waals surface area contributed by atoms with Gasteiger partial charge in [0.25, 0.3) is 0 Å². The predicted octanol–water partition coefficient (Wildman–Crippen LogP) is 3.84. The number of nitrogens with one attached hydrogen (secondary N) is 2. The molecule has 0 radical (unpaired) electrons. The molecule has 1 aromatic carbocycles. The van der Waals surface area contributed by atoms with Gasteiger partial charge < -0.3 is 20.4 Å². The Balaban J connectivity index is 0.00000420. The molecule has 1 unspecified atom stereocenters. The summed E-state index contributed by atoms with van der Waals surface area (Å²) in [5.74, 6) is -0.227. The largest absolute Gasteiger partial charge is 0.365 e. The summed E-state index contributed by atoms with van der Waals surface area (Å²) in [4.78, 5) is 8.86. The van der Waals surface area contributed by atoms with Crippen LogP contribution in [0.3, 0.4) is 0 Å². The molecule has 2 rings (SSSR count). The molecule has 0 aromatic heterocycles. The summed E-state index contributed by atoms with van der Waals surface area (Å²) >= 11 is 0. The standard InChI is InChI=1S/C21H35F2N5.HI/c1-4-24-21(25-13-7-8-14-27(5-2)6-3)26-17-12-15-28(16-17)20-18(22)10-9-11-19(20)23;/h9-11,17H,4-8,12-16H2,1-3H3,(H2,24,25,26);1H. The molecule has 29 heavy (non-hydrogen) atoms. The zero-order valence-corrected chi connectivity index (χ0v) is 20.2. The van der Waals surface area contributed by atoms with Gasteiger partial charge in [-0.3, -0.25) is 4.99 Å². The number of para-hydroxylation sites is 1. The minimum Gasteiger partial charge on any atom is -0.365 e. The fourth-order valence-corrected chi connectivity index (χ4v) is 3.56. The van der Waals surface area contributed by atoms with Crippen molar-refractivity contribution in [1.29, 1.82) is 0 Å². The number of nitrogens with zero attached hydrogens (tertiary/aromatic N) is 3. The highest BCUT2D eigenvalue weighted by molar-refractivity contribution is 14.0. The van der Waals surface area contributed by atoms with E-state index in [0.717, 1.165) is 57.9 Å². The van der Waals surface area contributed by atoms with Crippen LogP contribution in [0.5, 0.6) is 0 Å². The van der Waals surface area contributed by atoms with Gasteiger partial charge >= 0.3 is 0 Å². The van der Waals surface area contributed by atoms with E-state index >= 15 is 0 Å². The molecule has 1 saturated heterocycles. The monoisotopic (exact) mass is 523 g/mol. The first-order valence-corrected chi connectivity index (χ1v) is 10.5. The number of anilines is 1. The topological polar surface area (TPSA) is 42.9 Å². The highest BCUT2D eigenvalue weighted by atomic mass is 127. The van der Waals surface area contributed by atoms with Gasteiger partial charge in [0.05, 0.1) is 0 Å². The molecule has 1 aromatic rings. The van der Waals surface area contributed by atoms with Crippen LogP contribution in [0, 0.1) is 11.6 Å². The second-order valence-corrected chi connectivity index (χ2v) is 7.14. The second-order valence-electron chi connectivity index (χ2n) is 7.14. The van der Waals surface area contributed by atoms with E-state index in [4.69, 9.17) is 0 Å².